The normalized spacial score (nSPS) is 10.8. The van der Waals surface area contributed by atoms with E-state index in [4.69, 9.17) is 32.7 Å². The summed E-state index contributed by atoms with van der Waals surface area (Å²) in [5, 5.41) is 0.539. The lowest BCUT2D eigenvalue weighted by molar-refractivity contribution is 0.0526. The Balaban J connectivity index is 2.35. The van der Waals surface area contributed by atoms with Gasteiger partial charge in [0.05, 0.1) is 46.8 Å². The zero-order chi connectivity index (χ0) is 19.6. The van der Waals surface area contributed by atoms with Crippen LogP contribution in [0.5, 0.6) is 5.75 Å². The van der Waals surface area contributed by atoms with Gasteiger partial charge in [0.25, 0.3) is 5.56 Å². The second-order valence-electron chi connectivity index (χ2n) is 5.54. The third kappa shape index (κ3) is 3.50. The Morgan fingerprint density at radius 2 is 2.04 bits per heavy atom. The van der Waals surface area contributed by atoms with Crippen LogP contribution in [-0.2, 0) is 10.6 Å². The van der Waals surface area contributed by atoms with Crippen molar-refractivity contribution in [1.82, 2.24) is 9.55 Å². The van der Waals surface area contributed by atoms with Crippen LogP contribution in [0.25, 0.3) is 16.6 Å². The van der Waals surface area contributed by atoms with Crippen LogP contribution in [0.3, 0.4) is 0 Å². The van der Waals surface area contributed by atoms with Crippen molar-refractivity contribution in [2.24, 2.45) is 0 Å². The largest absolute Gasteiger partial charge is 0.495 e. The molecular formula is C19H16Cl2N2O4. The third-order valence-electron chi connectivity index (χ3n) is 3.97. The van der Waals surface area contributed by atoms with E-state index in [0.717, 1.165) is 0 Å². The number of benzene rings is 2. The fraction of sp³-hybridized carbons (Fsp3) is 0.211. The molecule has 27 heavy (non-hydrogen) atoms. The molecule has 6 nitrogen and oxygen atoms in total. The highest BCUT2D eigenvalue weighted by Crippen LogP contribution is 2.27. The van der Waals surface area contributed by atoms with Gasteiger partial charge >= 0.3 is 5.97 Å². The summed E-state index contributed by atoms with van der Waals surface area (Å²) in [4.78, 5) is 29.8. The molecular weight excluding hydrogens is 391 g/mol. The molecule has 0 radical (unpaired) electrons. The molecule has 0 saturated heterocycles. The summed E-state index contributed by atoms with van der Waals surface area (Å²) in [5.74, 6) is 0.152. The number of alkyl halides is 1. The number of methoxy groups -OCH3 is 1. The minimum Gasteiger partial charge on any atom is -0.495 e. The third-order valence-corrected chi connectivity index (χ3v) is 4.52. The molecule has 0 amide bonds. The van der Waals surface area contributed by atoms with Crippen molar-refractivity contribution in [3.8, 4) is 11.4 Å². The molecule has 1 aromatic heterocycles. The Labute approximate surface area is 165 Å². The zero-order valence-corrected chi connectivity index (χ0v) is 16.2. The number of aromatic nitrogens is 2. The lowest BCUT2D eigenvalue weighted by Crippen LogP contribution is -2.24. The summed E-state index contributed by atoms with van der Waals surface area (Å²) in [6.07, 6.45) is 0. The van der Waals surface area contributed by atoms with Gasteiger partial charge in [-0.1, -0.05) is 17.7 Å². The highest BCUT2D eigenvalue weighted by atomic mass is 35.5. The molecule has 0 N–H and O–H groups in total. The van der Waals surface area contributed by atoms with Crippen molar-refractivity contribution in [2.75, 3.05) is 13.7 Å². The van der Waals surface area contributed by atoms with Gasteiger partial charge in [-0.25, -0.2) is 9.78 Å². The maximum absolute atomic E-state index is 13.2. The summed E-state index contributed by atoms with van der Waals surface area (Å²) < 4.78 is 11.7. The molecule has 2 aromatic carbocycles. The molecule has 0 bridgehead atoms. The van der Waals surface area contributed by atoms with E-state index >= 15 is 0 Å². The average Bonchev–Trinajstić information content (AvgIpc) is 2.67. The molecule has 1 heterocycles. The van der Waals surface area contributed by atoms with Crippen molar-refractivity contribution >= 4 is 40.1 Å². The van der Waals surface area contributed by atoms with Crippen LogP contribution in [0.2, 0.25) is 5.02 Å². The Hall–Kier alpha value is -2.57. The Kier molecular flexibility index (Phi) is 5.68. The second kappa shape index (κ2) is 7.98. The lowest BCUT2D eigenvalue weighted by Gasteiger charge is -2.16. The van der Waals surface area contributed by atoms with Crippen LogP contribution < -0.4 is 10.3 Å². The van der Waals surface area contributed by atoms with Crippen LogP contribution >= 0.6 is 23.2 Å². The Morgan fingerprint density at radius 1 is 1.26 bits per heavy atom. The van der Waals surface area contributed by atoms with Crippen molar-refractivity contribution in [3.63, 3.8) is 0 Å². The lowest BCUT2D eigenvalue weighted by atomic mass is 10.1. The SMILES string of the molecule is CCOC(=O)c1ccc(OC)c(-n2c(CCl)nc3cccc(Cl)c3c2=O)c1. The van der Waals surface area contributed by atoms with Crippen LogP contribution in [0, 0.1) is 0 Å². The molecule has 0 atom stereocenters. The molecule has 0 unspecified atom stereocenters. The van der Waals surface area contributed by atoms with Gasteiger partial charge in [-0.2, -0.15) is 0 Å². The van der Waals surface area contributed by atoms with Gasteiger partial charge in [0.2, 0.25) is 0 Å². The highest BCUT2D eigenvalue weighted by molar-refractivity contribution is 6.35. The van der Waals surface area contributed by atoms with Gasteiger partial charge in [-0.3, -0.25) is 9.36 Å². The number of carbonyl (C=O) groups is 1. The fourth-order valence-corrected chi connectivity index (χ4v) is 3.21. The average molecular weight is 407 g/mol. The number of ether oxygens (including phenoxy) is 2. The predicted molar refractivity (Wildman–Crippen MR) is 104 cm³/mol. The smallest absolute Gasteiger partial charge is 0.338 e. The number of fused-ring (bicyclic) bond motifs is 1. The number of nitrogens with zero attached hydrogens (tertiary/aromatic N) is 2. The second-order valence-corrected chi connectivity index (χ2v) is 6.22. The standard InChI is InChI=1S/C19H16Cl2N2O4/c1-3-27-19(25)11-7-8-15(26-2)14(9-11)23-16(10-20)22-13-6-4-5-12(21)17(13)18(23)24/h4-9H,3,10H2,1-2H3. The van der Waals surface area contributed by atoms with Crippen molar-refractivity contribution < 1.29 is 14.3 Å². The van der Waals surface area contributed by atoms with E-state index in [1.807, 2.05) is 0 Å². The number of hydrogen-bond acceptors (Lipinski definition) is 5. The van der Waals surface area contributed by atoms with E-state index in [1.54, 1.807) is 37.3 Å². The van der Waals surface area contributed by atoms with Gasteiger partial charge in [-0.05, 0) is 37.3 Å². The van der Waals surface area contributed by atoms with E-state index < -0.39 is 11.5 Å². The van der Waals surface area contributed by atoms with Crippen molar-refractivity contribution in [1.29, 1.82) is 0 Å². The first-order valence-corrected chi connectivity index (χ1v) is 9.04. The van der Waals surface area contributed by atoms with Gasteiger partial charge in [0.1, 0.15) is 11.6 Å². The molecule has 0 aliphatic rings. The van der Waals surface area contributed by atoms with E-state index in [0.29, 0.717) is 22.8 Å². The molecule has 0 spiro atoms. The summed E-state index contributed by atoms with van der Waals surface area (Å²) in [7, 11) is 1.47. The summed E-state index contributed by atoms with van der Waals surface area (Å²) in [6, 6.07) is 9.68. The van der Waals surface area contributed by atoms with Crippen molar-refractivity contribution in [3.05, 3.63) is 63.2 Å². The number of carbonyl (C=O) groups excluding carboxylic acids is 1. The maximum Gasteiger partial charge on any atom is 0.338 e. The molecule has 0 aliphatic heterocycles. The van der Waals surface area contributed by atoms with E-state index in [-0.39, 0.29) is 28.5 Å². The number of rotatable bonds is 5. The van der Waals surface area contributed by atoms with E-state index in [9.17, 15) is 9.59 Å². The molecule has 0 aliphatic carbocycles. The van der Waals surface area contributed by atoms with Gasteiger partial charge < -0.3 is 9.47 Å². The Morgan fingerprint density at radius 3 is 2.70 bits per heavy atom. The van der Waals surface area contributed by atoms with Gasteiger partial charge in [-0.15, -0.1) is 11.6 Å². The van der Waals surface area contributed by atoms with Crippen LogP contribution in [0.15, 0.2) is 41.2 Å². The quantitative estimate of drug-likeness (QED) is 0.473. The molecule has 140 valence electrons. The summed E-state index contributed by atoms with van der Waals surface area (Å²) in [6.45, 7) is 1.95. The first kappa shape index (κ1) is 19.2. The minimum atomic E-state index is -0.506. The topological polar surface area (TPSA) is 70.4 Å². The van der Waals surface area contributed by atoms with E-state index in [1.165, 1.54) is 17.7 Å². The van der Waals surface area contributed by atoms with Gasteiger partial charge in [0.15, 0.2) is 0 Å². The van der Waals surface area contributed by atoms with Crippen LogP contribution in [0.1, 0.15) is 23.1 Å². The minimum absolute atomic E-state index is 0.0233. The molecule has 3 aromatic rings. The zero-order valence-electron chi connectivity index (χ0n) is 14.7. The molecule has 0 saturated carbocycles. The van der Waals surface area contributed by atoms with Crippen LogP contribution in [0.4, 0.5) is 0 Å². The molecule has 8 heteroatoms. The number of esters is 1. The van der Waals surface area contributed by atoms with E-state index in [2.05, 4.69) is 4.98 Å². The van der Waals surface area contributed by atoms with Gasteiger partial charge in [0, 0.05) is 0 Å². The summed E-state index contributed by atoms with van der Waals surface area (Å²) >= 11 is 12.3. The first-order chi connectivity index (χ1) is 13.0. The number of halogens is 2. The maximum atomic E-state index is 13.2. The van der Waals surface area contributed by atoms with Crippen molar-refractivity contribution in [2.45, 2.75) is 12.8 Å². The predicted octanol–water partition coefficient (Wildman–Crippen LogP) is 3.96. The van der Waals surface area contributed by atoms with Crippen LogP contribution in [-0.4, -0.2) is 29.2 Å². The number of hydrogen-bond donors (Lipinski definition) is 0. The summed E-state index contributed by atoms with van der Waals surface area (Å²) in [5.41, 5.74) is 0.651. The first-order valence-electron chi connectivity index (χ1n) is 8.13. The monoisotopic (exact) mass is 406 g/mol. The Bertz CT molecular complexity index is 1080. The molecule has 0 fully saturated rings. The highest BCUT2D eigenvalue weighted by Gasteiger charge is 2.19. The fourth-order valence-electron chi connectivity index (χ4n) is 2.78. The molecule has 3 rings (SSSR count).